The molecule has 1 N–H and O–H groups in total. The average Bonchev–Trinajstić information content (AvgIpc) is 3.01. The molecular formula is C23H33N5O4S. The van der Waals surface area contributed by atoms with Crippen molar-refractivity contribution in [1.29, 1.82) is 0 Å². The summed E-state index contributed by atoms with van der Waals surface area (Å²) >= 11 is 0. The highest BCUT2D eigenvalue weighted by atomic mass is 32.2. The van der Waals surface area contributed by atoms with Crippen LogP contribution in [0.25, 0.3) is 11.0 Å². The molecule has 2 atom stereocenters. The third-order valence-electron chi connectivity index (χ3n) is 7.33. The molecule has 4 aliphatic heterocycles. The van der Waals surface area contributed by atoms with E-state index in [0.29, 0.717) is 25.6 Å². The van der Waals surface area contributed by atoms with E-state index in [9.17, 15) is 13.2 Å². The summed E-state index contributed by atoms with van der Waals surface area (Å²) in [5, 5.41) is 0. The number of aromatic nitrogens is 2. The third-order valence-corrected chi connectivity index (χ3v) is 8.94. The number of hydrogen-bond acceptors (Lipinski definition) is 6. The van der Waals surface area contributed by atoms with E-state index in [1.165, 1.54) is 0 Å². The number of nitrogens with zero attached hydrogens (tertiary/aromatic N) is 4. The van der Waals surface area contributed by atoms with Crippen LogP contribution in [0.15, 0.2) is 18.2 Å². The first kappa shape index (κ1) is 22.3. The Morgan fingerprint density at radius 3 is 2.67 bits per heavy atom. The van der Waals surface area contributed by atoms with Gasteiger partial charge in [-0.05, 0) is 36.8 Å². The van der Waals surface area contributed by atoms with Gasteiger partial charge in [0, 0.05) is 38.8 Å². The number of nitrogens with one attached hydrogen (secondary N) is 1. The number of ether oxygens (including phenoxy) is 1. The van der Waals surface area contributed by atoms with E-state index in [1.807, 2.05) is 30.0 Å². The summed E-state index contributed by atoms with van der Waals surface area (Å²) < 4.78 is 29.2. The first-order chi connectivity index (χ1) is 15.6. The van der Waals surface area contributed by atoms with Crippen molar-refractivity contribution in [1.82, 2.24) is 19.8 Å². The molecule has 4 saturated heterocycles. The molecule has 0 spiro atoms. The molecule has 2 amide bonds. The number of amides is 2. The van der Waals surface area contributed by atoms with Crippen LogP contribution in [0.1, 0.15) is 27.2 Å². The fourth-order valence-electron chi connectivity index (χ4n) is 5.70. The zero-order valence-electron chi connectivity index (χ0n) is 19.6. The molecule has 1 aromatic heterocycles. The second-order valence-corrected chi connectivity index (χ2v) is 12.5. The van der Waals surface area contributed by atoms with E-state index in [2.05, 4.69) is 23.7 Å². The van der Waals surface area contributed by atoms with E-state index >= 15 is 0 Å². The van der Waals surface area contributed by atoms with Gasteiger partial charge >= 0.3 is 6.03 Å². The first-order valence-electron chi connectivity index (χ1n) is 11.8. The van der Waals surface area contributed by atoms with Gasteiger partial charge in [0.1, 0.15) is 5.75 Å². The Labute approximate surface area is 195 Å². The molecule has 2 bridgehead atoms. The molecule has 4 fully saturated rings. The molecule has 2 unspecified atom stereocenters. The van der Waals surface area contributed by atoms with Crippen LogP contribution < -0.4 is 9.64 Å². The number of carbonyl (C=O) groups is 1. The van der Waals surface area contributed by atoms with Gasteiger partial charge in [-0.1, -0.05) is 13.8 Å². The Morgan fingerprint density at radius 2 is 1.94 bits per heavy atom. The highest BCUT2D eigenvalue weighted by Crippen LogP contribution is 2.43. The van der Waals surface area contributed by atoms with Gasteiger partial charge in [0.2, 0.25) is 5.95 Å². The van der Waals surface area contributed by atoms with Gasteiger partial charge in [-0.3, -0.25) is 0 Å². The Morgan fingerprint density at radius 1 is 1.18 bits per heavy atom. The fraction of sp³-hybridized carbons (Fsp3) is 0.652. The lowest BCUT2D eigenvalue weighted by molar-refractivity contribution is 0.153. The monoisotopic (exact) mass is 475 g/mol. The van der Waals surface area contributed by atoms with Gasteiger partial charge in [-0.25, -0.2) is 18.2 Å². The number of imidazole rings is 1. The summed E-state index contributed by atoms with van der Waals surface area (Å²) in [6.45, 7) is 9.82. The van der Waals surface area contributed by atoms with Crippen LogP contribution in [-0.4, -0.2) is 91.1 Å². The summed E-state index contributed by atoms with van der Waals surface area (Å²) in [6.07, 6.45) is 1.04. The summed E-state index contributed by atoms with van der Waals surface area (Å²) in [4.78, 5) is 27.7. The van der Waals surface area contributed by atoms with Crippen molar-refractivity contribution in [2.24, 2.45) is 11.3 Å². The number of carbonyl (C=O) groups excluding carboxylic acids is 1. The second-order valence-electron chi connectivity index (χ2n) is 10.2. The minimum atomic E-state index is -3.02. The number of benzene rings is 1. The van der Waals surface area contributed by atoms with Crippen LogP contribution in [0.5, 0.6) is 5.75 Å². The summed E-state index contributed by atoms with van der Waals surface area (Å²) in [5.41, 5.74) is 1.85. The molecule has 180 valence electrons. The third kappa shape index (κ3) is 4.25. The van der Waals surface area contributed by atoms with E-state index in [-0.39, 0.29) is 42.1 Å². The molecule has 0 aliphatic carbocycles. The maximum Gasteiger partial charge on any atom is 0.320 e. The predicted molar refractivity (Wildman–Crippen MR) is 127 cm³/mol. The molecule has 0 saturated carbocycles. The molecule has 0 radical (unpaired) electrons. The molecule has 5 heterocycles. The van der Waals surface area contributed by atoms with Crippen molar-refractivity contribution in [3.05, 3.63) is 18.2 Å². The standard InChI is InChI=1S/C23H33N5O4S/c1-4-32-17-5-6-18-19(11-17)25-21(24-18)28-14-16-12-23(2,3)20(28)15-27(13-16)22(29)26-7-9-33(30,31)10-8-26/h5-6,11,16,20H,4,7-10,12-15H2,1-3H3,(H,24,25). The van der Waals surface area contributed by atoms with Crippen molar-refractivity contribution >= 4 is 32.9 Å². The molecule has 6 rings (SSSR count). The topological polar surface area (TPSA) is 98.8 Å². The number of anilines is 1. The van der Waals surface area contributed by atoms with Gasteiger partial charge < -0.3 is 24.4 Å². The quantitative estimate of drug-likeness (QED) is 0.732. The Bertz CT molecular complexity index is 1150. The predicted octanol–water partition coefficient (Wildman–Crippen LogP) is 2.35. The Balaban J connectivity index is 1.40. The zero-order valence-corrected chi connectivity index (χ0v) is 20.4. The van der Waals surface area contributed by atoms with Crippen molar-refractivity contribution in [3.8, 4) is 5.75 Å². The Hall–Kier alpha value is -2.49. The van der Waals surface area contributed by atoms with Gasteiger partial charge in [0.15, 0.2) is 9.84 Å². The number of urea groups is 1. The fourth-order valence-corrected chi connectivity index (χ4v) is 6.90. The second kappa shape index (κ2) is 8.07. The first-order valence-corrected chi connectivity index (χ1v) is 13.6. The van der Waals surface area contributed by atoms with E-state index in [4.69, 9.17) is 9.72 Å². The molecule has 2 aromatic rings. The van der Waals surface area contributed by atoms with Crippen LogP contribution in [0.2, 0.25) is 0 Å². The van der Waals surface area contributed by atoms with Crippen molar-refractivity contribution < 1.29 is 17.9 Å². The van der Waals surface area contributed by atoms with E-state index in [0.717, 1.165) is 35.7 Å². The van der Waals surface area contributed by atoms with Crippen LogP contribution >= 0.6 is 0 Å². The normalized spacial score (nSPS) is 26.5. The lowest BCUT2D eigenvalue weighted by Gasteiger charge is -2.47. The lowest BCUT2D eigenvalue weighted by atomic mass is 9.73. The highest BCUT2D eigenvalue weighted by Gasteiger charge is 2.48. The van der Waals surface area contributed by atoms with Crippen LogP contribution in [0.3, 0.4) is 0 Å². The minimum absolute atomic E-state index is 0.0125. The average molecular weight is 476 g/mol. The SMILES string of the molecule is CCOc1ccc2nc(N3CC4CN(C(=O)N5CCS(=O)(=O)CC5)CC3C(C)(C)C4)[nH]c2c1. The molecule has 33 heavy (non-hydrogen) atoms. The van der Waals surface area contributed by atoms with Gasteiger partial charge in [0.25, 0.3) is 0 Å². The number of sulfone groups is 1. The molecule has 9 nitrogen and oxygen atoms in total. The maximum atomic E-state index is 13.3. The maximum absolute atomic E-state index is 13.3. The summed E-state index contributed by atoms with van der Waals surface area (Å²) in [5.74, 6) is 2.08. The molecule has 10 heteroatoms. The van der Waals surface area contributed by atoms with Crippen LogP contribution in [0.4, 0.5) is 10.7 Å². The van der Waals surface area contributed by atoms with E-state index < -0.39 is 9.84 Å². The van der Waals surface area contributed by atoms with Crippen LogP contribution in [-0.2, 0) is 9.84 Å². The Kier molecular flexibility index (Phi) is 5.46. The van der Waals surface area contributed by atoms with Crippen molar-refractivity contribution in [2.45, 2.75) is 33.2 Å². The minimum Gasteiger partial charge on any atom is -0.494 e. The van der Waals surface area contributed by atoms with Gasteiger partial charge in [-0.2, -0.15) is 0 Å². The van der Waals surface area contributed by atoms with E-state index in [1.54, 1.807) is 4.90 Å². The van der Waals surface area contributed by atoms with Crippen LogP contribution in [0, 0.1) is 11.3 Å². The van der Waals surface area contributed by atoms with Crippen molar-refractivity contribution in [2.75, 3.05) is 55.7 Å². The number of rotatable bonds is 3. The number of piperidine rings is 1. The van der Waals surface area contributed by atoms with Gasteiger partial charge in [0.05, 0.1) is 35.2 Å². The number of aromatic amines is 1. The van der Waals surface area contributed by atoms with Gasteiger partial charge in [-0.15, -0.1) is 0 Å². The molecule has 4 aliphatic rings. The highest BCUT2D eigenvalue weighted by molar-refractivity contribution is 7.91. The van der Waals surface area contributed by atoms with Crippen molar-refractivity contribution in [3.63, 3.8) is 0 Å². The lowest BCUT2D eigenvalue weighted by Crippen LogP contribution is -2.55. The zero-order chi connectivity index (χ0) is 23.4. The summed E-state index contributed by atoms with van der Waals surface area (Å²) in [6, 6.07) is 5.97. The number of fused-ring (bicyclic) bond motifs is 5. The number of H-pyrrole nitrogens is 1. The number of hydrogen-bond donors (Lipinski definition) is 1. The molecule has 1 aromatic carbocycles. The summed E-state index contributed by atoms with van der Waals surface area (Å²) in [7, 11) is -3.02. The molecular weight excluding hydrogens is 442 g/mol. The largest absolute Gasteiger partial charge is 0.494 e. The smallest absolute Gasteiger partial charge is 0.320 e.